The highest BCUT2D eigenvalue weighted by Crippen LogP contribution is 2.19. The number of hydrogen-bond acceptors (Lipinski definition) is 3. The molecule has 0 aromatic heterocycles. The Kier molecular flexibility index (Phi) is 8.02. The fraction of sp³-hybridized carbons (Fsp3) is 0.312. The second kappa shape index (κ2) is 9.58. The number of para-hydroxylation sites is 1. The highest BCUT2D eigenvalue weighted by Gasteiger charge is 2.09. The van der Waals surface area contributed by atoms with Crippen LogP contribution >= 0.6 is 22.6 Å². The molecule has 0 saturated heterocycles. The second-order valence-corrected chi connectivity index (χ2v) is 4.90. The number of carbonyl (C=O) groups excluding carboxylic acids is 1. The smallest absolute Gasteiger partial charge is 0.310 e. The molecule has 0 atom stereocenters. The molecule has 0 aliphatic heterocycles. The molecule has 0 heterocycles. The highest BCUT2D eigenvalue weighted by molar-refractivity contribution is 14.1. The summed E-state index contributed by atoms with van der Waals surface area (Å²) in [5.41, 5.74) is 1.87. The van der Waals surface area contributed by atoms with Gasteiger partial charge in [-0.05, 0) is 18.6 Å². The van der Waals surface area contributed by atoms with Crippen LogP contribution in [0.2, 0.25) is 0 Å². The minimum Gasteiger partial charge on any atom is -0.489 e. The Labute approximate surface area is 133 Å². The third kappa shape index (κ3) is 5.77. The molecule has 0 fully saturated rings. The first kappa shape index (κ1) is 16.8. The first-order valence-electron chi connectivity index (χ1n) is 6.45. The van der Waals surface area contributed by atoms with E-state index in [9.17, 15) is 4.79 Å². The van der Waals surface area contributed by atoms with Gasteiger partial charge in [0.25, 0.3) is 0 Å². The molecule has 0 amide bonds. The Hall–Kier alpha value is -1.30. The summed E-state index contributed by atoms with van der Waals surface area (Å²) in [7, 11) is 0. The molecule has 1 rings (SSSR count). The molecule has 108 valence electrons. The maximum absolute atomic E-state index is 11.6. The zero-order valence-electron chi connectivity index (χ0n) is 11.6. The van der Waals surface area contributed by atoms with E-state index in [1.807, 2.05) is 24.3 Å². The van der Waals surface area contributed by atoms with Gasteiger partial charge in [0.2, 0.25) is 0 Å². The summed E-state index contributed by atoms with van der Waals surface area (Å²) in [4.78, 5) is 11.6. The average molecular weight is 386 g/mol. The van der Waals surface area contributed by atoms with E-state index in [1.165, 1.54) is 0 Å². The molecule has 0 N–H and O–H groups in total. The van der Waals surface area contributed by atoms with Gasteiger partial charge in [0, 0.05) is 9.99 Å². The molecule has 0 spiro atoms. The summed E-state index contributed by atoms with van der Waals surface area (Å²) in [6.45, 7) is 6.40. The Balaban J connectivity index is 2.72. The molecule has 1 aromatic rings. The summed E-state index contributed by atoms with van der Waals surface area (Å²) in [6.07, 6.45) is 4.07. The van der Waals surface area contributed by atoms with E-state index in [-0.39, 0.29) is 12.4 Å². The third-order valence-corrected chi connectivity index (χ3v) is 3.05. The molecular weight excluding hydrogens is 367 g/mol. The lowest BCUT2D eigenvalue weighted by molar-refractivity contribution is -0.142. The van der Waals surface area contributed by atoms with Crippen LogP contribution in [0.5, 0.6) is 5.75 Å². The Morgan fingerprint density at radius 1 is 1.40 bits per heavy atom. The molecule has 0 unspecified atom stereocenters. The molecular formula is C16H19IO3. The lowest BCUT2D eigenvalue weighted by Crippen LogP contribution is -2.09. The Bertz CT molecular complexity index is 480. The molecule has 1 aromatic carbocycles. The summed E-state index contributed by atoms with van der Waals surface area (Å²) in [5.74, 6) is 0.469. The number of carbonyl (C=O) groups is 1. The predicted octanol–water partition coefficient (Wildman–Crippen LogP) is 3.72. The second-order valence-electron chi connectivity index (χ2n) is 4.02. The normalized spacial score (nSPS) is 11.0. The van der Waals surface area contributed by atoms with E-state index in [1.54, 1.807) is 13.0 Å². The van der Waals surface area contributed by atoms with Gasteiger partial charge in [-0.2, -0.15) is 0 Å². The van der Waals surface area contributed by atoms with Gasteiger partial charge >= 0.3 is 5.97 Å². The van der Waals surface area contributed by atoms with Crippen molar-refractivity contribution in [1.82, 2.24) is 0 Å². The molecule has 4 heteroatoms. The van der Waals surface area contributed by atoms with Gasteiger partial charge in [-0.25, -0.2) is 0 Å². The largest absolute Gasteiger partial charge is 0.489 e. The minimum absolute atomic E-state index is 0.226. The van der Waals surface area contributed by atoms with Crippen LogP contribution in [0.15, 0.2) is 48.6 Å². The number of esters is 1. The third-order valence-electron chi connectivity index (χ3n) is 2.61. The average Bonchev–Trinajstić information content (AvgIpc) is 2.45. The van der Waals surface area contributed by atoms with Gasteiger partial charge in [0.1, 0.15) is 12.4 Å². The summed E-state index contributed by atoms with van der Waals surface area (Å²) < 4.78 is 11.6. The van der Waals surface area contributed by atoms with Crippen molar-refractivity contribution in [2.45, 2.75) is 13.3 Å². The zero-order chi connectivity index (χ0) is 14.8. The van der Waals surface area contributed by atoms with Crippen molar-refractivity contribution in [3.05, 3.63) is 54.1 Å². The first-order valence-corrected chi connectivity index (χ1v) is 7.97. The van der Waals surface area contributed by atoms with Gasteiger partial charge in [-0.3, -0.25) is 4.79 Å². The van der Waals surface area contributed by atoms with Crippen molar-refractivity contribution < 1.29 is 14.3 Å². The van der Waals surface area contributed by atoms with E-state index in [0.717, 1.165) is 15.6 Å². The number of allylic oxidation sites excluding steroid dienone is 1. The van der Waals surface area contributed by atoms with E-state index in [0.29, 0.717) is 19.0 Å². The van der Waals surface area contributed by atoms with Crippen molar-refractivity contribution in [2.75, 3.05) is 17.6 Å². The van der Waals surface area contributed by atoms with Gasteiger partial charge in [0.15, 0.2) is 0 Å². The highest BCUT2D eigenvalue weighted by atomic mass is 127. The summed E-state index contributed by atoms with van der Waals surface area (Å²) >= 11 is 2.27. The Morgan fingerprint density at radius 2 is 2.15 bits per heavy atom. The SMILES string of the molecule is C=C/C(=C\CI)COc1ccccc1CC(=O)OCC. The minimum atomic E-state index is -0.240. The van der Waals surface area contributed by atoms with Crippen LogP contribution in [-0.4, -0.2) is 23.6 Å². The number of hydrogen-bond donors (Lipinski definition) is 0. The van der Waals surface area contributed by atoms with Crippen molar-refractivity contribution >= 4 is 28.6 Å². The summed E-state index contributed by atoms with van der Waals surface area (Å²) in [6, 6.07) is 7.51. The number of ether oxygens (including phenoxy) is 2. The van der Waals surface area contributed by atoms with Crippen LogP contribution in [-0.2, 0) is 16.0 Å². The van der Waals surface area contributed by atoms with Crippen LogP contribution < -0.4 is 4.74 Å². The Morgan fingerprint density at radius 3 is 2.80 bits per heavy atom. The topological polar surface area (TPSA) is 35.5 Å². The van der Waals surface area contributed by atoms with E-state index in [2.05, 4.69) is 35.2 Å². The van der Waals surface area contributed by atoms with Gasteiger partial charge in [-0.1, -0.05) is 59.5 Å². The van der Waals surface area contributed by atoms with Crippen molar-refractivity contribution in [3.8, 4) is 5.75 Å². The monoisotopic (exact) mass is 386 g/mol. The van der Waals surface area contributed by atoms with E-state index >= 15 is 0 Å². The lowest BCUT2D eigenvalue weighted by Gasteiger charge is -2.11. The summed E-state index contributed by atoms with van der Waals surface area (Å²) in [5, 5.41) is 0. The molecule has 0 bridgehead atoms. The van der Waals surface area contributed by atoms with E-state index < -0.39 is 0 Å². The van der Waals surface area contributed by atoms with Gasteiger partial charge in [0.05, 0.1) is 13.0 Å². The quantitative estimate of drug-likeness (QED) is 0.296. The standard InChI is InChI=1S/C16H19IO3/c1-3-13(9-10-17)12-20-15-8-6-5-7-14(15)11-16(18)19-4-2/h3,5-9H,1,4,10-12H2,2H3/b13-9+. The zero-order valence-corrected chi connectivity index (χ0v) is 13.8. The van der Waals surface area contributed by atoms with Crippen LogP contribution in [0.3, 0.4) is 0 Å². The molecule has 0 saturated carbocycles. The molecule has 0 radical (unpaired) electrons. The molecule has 20 heavy (non-hydrogen) atoms. The van der Waals surface area contributed by atoms with Gasteiger partial charge in [-0.15, -0.1) is 0 Å². The molecule has 3 nitrogen and oxygen atoms in total. The maximum atomic E-state index is 11.6. The molecule has 0 aliphatic rings. The lowest BCUT2D eigenvalue weighted by atomic mass is 10.1. The van der Waals surface area contributed by atoms with E-state index in [4.69, 9.17) is 9.47 Å². The fourth-order valence-electron chi connectivity index (χ4n) is 1.62. The number of benzene rings is 1. The van der Waals surface area contributed by atoms with Crippen LogP contribution in [0.4, 0.5) is 0 Å². The fourth-order valence-corrected chi connectivity index (χ4v) is 2.19. The number of alkyl halides is 1. The van der Waals surface area contributed by atoms with Crippen LogP contribution in [0.25, 0.3) is 0 Å². The van der Waals surface area contributed by atoms with Gasteiger partial charge < -0.3 is 9.47 Å². The molecule has 0 aliphatic carbocycles. The van der Waals surface area contributed by atoms with Crippen molar-refractivity contribution in [3.63, 3.8) is 0 Å². The predicted molar refractivity (Wildman–Crippen MR) is 89.4 cm³/mol. The maximum Gasteiger partial charge on any atom is 0.310 e. The van der Waals surface area contributed by atoms with Crippen molar-refractivity contribution in [2.24, 2.45) is 0 Å². The van der Waals surface area contributed by atoms with Crippen LogP contribution in [0.1, 0.15) is 12.5 Å². The number of halogens is 1. The first-order chi connectivity index (χ1) is 9.71. The van der Waals surface area contributed by atoms with Crippen LogP contribution in [0, 0.1) is 0 Å². The van der Waals surface area contributed by atoms with Crippen molar-refractivity contribution in [1.29, 1.82) is 0 Å². The number of rotatable bonds is 8.